The van der Waals surface area contributed by atoms with Gasteiger partial charge in [0.25, 0.3) is 0 Å². The molecule has 2 aliphatic rings. The number of aromatic nitrogens is 2. The minimum absolute atomic E-state index is 0.0984. The summed E-state index contributed by atoms with van der Waals surface area (Å²) in [5, 5.41) is 10.4. The number of carbonyl (C=O) groups excluding carboxylic acids is 2. The van der Waals surface area contributed by atoms with Crippen LogP contribution in [-0.4, -0.2) is 73.1 Å². The first kappa shape index (κ1) is 35.6. The summed E-state index contributed by atoms with van der Waals surface area (Å²) in [6.07, 6.45) is 4.57. The van der Waals surface area contributed by atoms with Gasteiger partial charge in [-0.2, -0.15) is 0 Å². The van der Waals surface area contributed by atoms with Crippen LogP contribution in [0.5, 0.6) is 11.6 Å². The lowest BCUT2D eigenvalue weighted by Gasteiger charge is -2.23. The van der Waals surface area contributed by atoms with Gasteiger partial charge in [0, 0.05) is 90.7 Å². The fourth-order valence-corrected chi connectivity index (χ4v) is 7.41. The zero-order chi connectivity index (χ0) is 35.4. The van der Waals surface area contributed by atoms with Gasteiger partial charge in [-0.3, -0.25) is 19.5 Å². The number of pyridine rings is 2. The van der Waals surface area contributed by atoms with Gasteiger partial charge in [0.05, 0.1) is 35.7 Å². The molecule has 0 unspecified atom stereocenters. The topological polar surface area (TPSA) is 118 Å². The van der Waals surface area contributed by atoms with Crippen LogP contribution < -0.4 is 25.4 Å². The summed E-state index contributed by atoms with van der Waals surface area (Å²) in [5.41, 5.74) is 7.38. The number of hydrogen-bond donors (Lipinski definition) is 3. The van der Waals surface area contributed by atoms with Crippen LogP contribution in [0.3, 0.4) is 0 Å². The van der Waals surface area contributed by atoms with E-state index in [9.17, 15) is 9.59 Å². The molecule has 2 aromatic carbocycles. The molecule has 0 radical (unpaired) electrons. The number of nitrogens with one attached hydrogen (secondary N) is 3. The molecule has 2 aliphatic heterocycles. The van der Waals surface area contributed by atoms with E-state index in [-0.39, 0.29) is 23.9 Å². The maximum Gasteiger partial charge on any atom is 0.220 e. The van der Waals surface area contributed by atoms with Crippen LogP contribution in [0.1, 0.15) is 42.4 Å². The van der Waals surface area contributed by atoms with Gasteiger partial charge in [-0.05, 0) is 56.6 Å². The number of amides is 2. The minimum atomic E-state index is 0.0984. The third-order valence-electron chi connectivity index (χ3n) is 9.35. The highest BCUT2D eigenvalue weighted by Crippen LogP contribution is 2.42. The quantitative estimate of drug-likeness (QED) is 0.150. The van der Waals surface area contributed by atoms with Crippen molar-refractivity contribution in [2.24, 2.45) is 0 Å². The molecule has 0 aliphatic carbocycles. The first-order chi connectivity index (χ1) is 24.1. The van der Waals surface area contributed by atoms with Crippen LogP contribution in [0.25, 0.3) is 33.6 Å². The SMILES string of the molecule is COc1cc(-c2nccc(-c3cccc(-c4ccc(CNC[C@H]5CCC(=O)N5)c(OC)n4)c3Cl)c2Cl)cc(C)c1CN(C)C[C@@H]1CCC(=O)N1. The molecule has 2 amide bonds. The molecule has 2 saturated heterocycles. The largest absolute Gasteiger partial charge is 0.496 e. The Morgan fingerprint density at radius 3 is 2.34 bits per heavy atom. The van der Waals surface area contributed by atoms with E-state index < -0.39 is 0 Å². The summed E-state index contributed by atoms with van der Waals surface area (Å²) in [7, 11) is 5.32. The van der Waals surface area contributed by atoms with Crippen molar-refractivity contribution in [3.63, 3.8) is 0 Å². The first-order valence-electron chi connectivity index (χ1n) is 16.8. The lowest BCUT2D eigenvalue weighted by molar-refractivity contribution is -0.120. The van der Waals surface area contributed by atoms with E-state index in [1.54, 1.807) is 20.4 Å². The molecular weight excluding hydrogens is 675 g/mol. The Balaban J connectivity index is 1.23. The molecule has 4 heterocycles. The van der Waals surface area contributed by atoms with Crippen molar-refractivity contribution >= 4 is 35.0 Å². The monoisotopic (exact) mass is 716 g/mol. The van der Waals surface area contributed by atoms with Crippen molar-refractivity contribution < 1.29 is 19.1 Å². The van der Waals surface area contributed by atoms with Crippen molar-refractivity contribution in [1.82, 2.24) is 30.8 Å². The summed E-state index contributed by atoms with van der Waals surface area (Å²) >= 11 is 14.2. The van der Waals surface area contributed by atoms with Gasteiger partial charge in [0.2, 0.25) is 17.7 Å². The predicted octanol–water partition coefficient (Wildman–Crippen LogP) is 6.19. The highest BCUT2D eigenvalue weighted by Gasteiger charge is 2.24. The van der Waals surface area contributed by atoms with Gasteiger partial charge in [-0.1, -0.05) is 47.5 Å². The average Bonchev–Trinajstić information content (AvgIpc) is 3.72. The molecule has 2 atom stereocenters. The molecule has 3 N–H and O–H groups in total. The first-order valence-corrected chi connectivity index (χ1v) is 17.5. The third kappa shape index (κ3) is 7.89. The lowest BCUT2D eigenvalue weighted by atomic mass is 9.97. The van der Waals surface area contributed by atoms with E-state index in [1.165, 1.54) is 0 Å². The van der Waals surface area contributed by atoms with Gasteiger partial charge in [-0.25, -0.2) is 4.98 Å². The van der Waals surface area contributed by atoms with Crippen LogP contribution in [0, 0.1) is 6.92 Å². The van der Waals surface area contributed by atoms with Gasteiger partial charge in [0.1, 0.15) is 5.75 Å². The molecule has 12 heteroatoms. The second kappa shape index (κ2) is 15.8. The van der Waals surface area contributed by atoms with Crippen LogP contribution in [0.2, 0.25) is 10.0 Å². The molecule has 0 spiro atoms. The normalized spacial score (nSPS) is 17.3. The minimum Gasteiger partial charge on any atom is -0.496 e. The standard InChI is InChI=1S/C38H42Cl2N6O4/c1-22-16-24(17-32(49-3)30(22)21-46(2)20-26-10-13-34(48)44-26)37-36(40)28(14-15-42-37)27-6-5-7-29(35(27)39)31-11-8-23(38(45-31)50-4)18-41-19-25-9-12-33(47)43-25/h5-8,11,14-17,25-26,41H,9-10,12-13,18-21H2,1-4H3,(H,43,47)(H,44,48)/t25-,26+/m1/s1. The van der Waals surface area contributed by atoms with Crippen molar-refractivity contribution in [2.75, 3.05) is 34.4 Å². The number of halogens is 2. The number of ether oxygens (including phenoxy) is 2. The lowest BCUT2D eigenvalue weighted by Crippen LogP contribution is -2.36. The number of hydrogen-bond acceptors (Lipinski definition) is 8. The van der Waals surface area contributed by atoms with Crippen molar-refractivity contribution in [3.8, 4) is 45.3 Å². The van der Waals surface area contributed by atoms with Crippen LogP contribution in [-0.2, 0) is 22.7 Å². The average molecular weight is 718 g/mol. The molecule has 0 saturated carbocycles. The summed E-state index contributed by atoms with van der Waals surface area (Å²) < 4.78 is 11.5. The van der Waals surface area contributed by atoms with Gasteiger partial charge < -0.3 is 25.4 Å². The molecular formula is C38H42Cl2N6O4. The highest BCUT2D eigenvalue weighted by molar-refractivity contribution is 6.39. The van der Waals surface area contributed by atoms with Crippen LogP contribution in [0.15, 0.2) is 54.7 Å². The number of rotatable bonds is 13. The van der Waals surface area contributed by atoms with Crippen LogP contribution >= 0.6 is 23.2 Å². The summed E-state index contributed by atoms with van der Waals surface area (Å²) in [6, 6.07) is 15.9. The van der Waals surface area contributed by atoms with Crippen molar-refractivity contribution in [1.29, 1.82) is 0 Å². The van der Waals surface area contributed by atoms with Gasteiger partial charge in [-0.15, -0.1) is 0 Å². The Kier molecular flexibility index (Phi) is 11.2. The molecule has 2 fully saturated rings. The fourth-order valence-electron chi connectivity index (χ4n) is 6.76. The summed E-state index contributed by atoms with van der Waals surface area (Å²) in [5.74, 6) is 1.46. The van der Waals surface area contributed by atoms with E-state index in [0.717, 1.165) is 64.1 Å². The van der Waals surface area contributed by atoms with E-state index in [0.29, 0.717) is 59.8 Å². The van der Waals surface area contributed by atoms with E-state index in [2.05, 4.69) is 45.9 Å². The number of nitrogens with zero attached hydrogens (tertiary/aromatic N) is 3. The second-order valence-corrected chi connectivity index (χ2v) is 13.7. The maximum absolute atomic E-state index is 11.7. The smallest absolute Gasteiger partial charge is 0.220 e. The predicted molar refractivity (Wildman–Crippen MR) is 197 cm³/mol. The molecule has 50 heavy (non-hydrogen) atoms. The van der Waals surface area contributed by atoms with E-state index >= 15 is 0 Å². The van der Waals surface area contributed by atoms with Gasteiger partial charge in [0.15, 0.2) is 0 Å². The number of benzene rings is 2. The molecule has 6 rings (SSSR count). The maximum atomic E-state index is 11.7. The molecule has 262 valence electrons. The summed E-state index contributed by atoms with van der Waals surface area (Å²) in [6.45, 7) is 4.71. The highest BCUT2D eigenvalue weighted by atomic mass is 35.5. The van der Waals surface area contributed by atoms with Crippen LogP contribution in [0.4, 0.5) is 0 Å². The Morgan fingerprint density at radius 1 is 0.920 bits per heavy atom. The second-order valence-electron chi connectivity index (χ2n) is 13.0. The zero-order valence-electron chi connectivity index (χ0n) is 28.7. The molecule has 4 aromatic rings. The molecule has 2 aromatic heterocycles. The van der Waals surface area contributed by atoms with E-state index in [4.69, 9.17) is 37.7 Å². The Hall–Kier alpha value is -4.22. The Morgan fingerprint density at radius 2 is 1.64 bits per heavy atom. The van der Waals surface area contributed by atoms with Crippen molar-refractivity contribution in [2.45, 2.75) is 57.8 Å². The number of carbonyl (C=O) groups is 2. The zero-order valence-corrected chi connectivity index (χ0v) is 30.3. The van der Waals surface area contributed by atoms with E-state index in [1.807, 2.05) is 42.5 Å². The third-order valence-corrected chi connectivity index (χ3v) is 10.1. The Bertz CT molecular complexity index is 1900. The summed E-state index contributed by atoms with van der Waals surface area (Å²) in [4.78, 5) is 34.9. The number of methoxy groups -OCH3 is 2. The molecule has 0 bridgehead atoms. The van der Waals surface area contributed by atoms with Gasteiger partial charge >= 0.3 is 0 Å². The number of likely N-dealkylation sites (N-methyl/N-ethyl adjacent to an activating group) is 1. The fraction of sp³-hybridized carbons (Fsp3) is 0.368. The number of aryl methyl sites for hydroxylation is 1. The Labute approximate surface area is 302 Å². The molecule has 10 nitrogen and oxygen atoms in total. The van der Waals surface area contributed by atoms with Crippen molar-refractivity contribution in [3.05, 3.63) is 81.5 Å².